The van der Waals surface area contributed by atoms with E-state index in [1.54, 1.807) is 21.9 Å². The first-order chi connectivity index (χ1) is 12.0. The number of nitrogens with one attached hydrogen (secondary N) is 1. The number of benzene rings is 1. The van der Waals surface area contributed by atoms with Crippen molar-refractivity contribution in [2.75, 3.05) is 31.6 Å². The zero-order valence-corrected chi connectivity index (χ0v) is 13.9. The third-order valence-corrected chi connectivity index (χ3v) is 3.96. The van der Waals surface area contributed by atoms with Gasteiger partial charge < -0.3 is 19.5 Å². The molecule has 3 rings (SSSR count). The van der Waals surface area contributed by atoms with Crippen LogP contribution in [0.2, 0.25) is 0 Å². The molecule has 0 atom stereocenters. The maximum atomic E-state index is 13.3. The molecule has 2 heterocycles. The highest BCUT2D eigenvalue weighted by atomic mass is 19.1. The van der Waals surface area contributed by atoms with Gasteiger partial charge in [0.2, 0.25) is 5.91 Å². The average molecular weight is 346 g/mol. The Labute approximate surface area is 144 Å². The monoisotopic (exact) mass is 346 g/mol. The van der Waals surface area contributed by atoms with Gasteiger partial charge in [-0.2, -0.15) is 0 Å². The highest BCUT2D eigenvalue weighted by Gasteiger charge is 2.25. The predicted octanol–water partition coefficient (Wildman–Crippen LogP) is 0.904. The molecular formula is C17H19FN4O3. The molecule has 0 radical (unpaired) electrons. The van der Waals surface area contributed by atoms with Crippen molar-refractivity contribution in [2.24, 2.45) is 0 Å². The van der Waals surface area contributed by atoms with Gasteiger partial charge in [-0.05, 0) is 17.7 Å². The molecule has 8 heteroatoms. The van der Waals surface area contributed by atoms with Gasteiger partial charge in [0.05, 0.1) is 6.54 Å². The van der Waals surface area contributed by atoms with Crippen LogP contribution in [0.1, 0.15) is 11.4 Å². The normalized spacial score (nSPS) is 14.9. The molecule has 1 aromatic heterocycles. The lowest BCUT2D eigenvalue weighted by Gasteiger charge is -2.35. The fraction of sp³-hybridized carbons (Fsp3) is 0.353. The van der Waals surface area contributed by atoms with E-state index < -0.39 is 0 Å². The van der Waals surface area contributed by atoms with Crippen LogP contribution >= 0.6 is 0 Å². The Hall–Kier alpha value is -2.74. The lowest BCUT2D eigenvalue weighted by Crippen LogP contribution is -2.50. The lowest BCUT2D eigenvalue weighted by atomic mass is 10.2. The van der Waals surface area contributed by atoms with Gasteiger partial charge in [0.25, 0.3) is 5.56 Å². The average Bonchev–Trinajstić information content (AvgIpc) is 2.56. The SMILES string of the molecule is COCc1nc(N2CCN(Cc3cccc(F)c3)C(=O)C2)cc(=O)[nH]1. The second-order valence-electron chi connectivity index (χ2n) is 5.85. The van der Waals surface area contributed by atoms with E-state index in [0.717, 1.165) is 5.56 Å². The van der Waals surface area contributed by atoms with Crippen LogP contribution in [-0.4, -0.2) is 47.5 Å². The number of ether oxygens (including phenoxy) is 1. The molecule has 2 aromatic rings. The van der Waals surface area contributed by atoms with Crippen molar-refractivity contribution >= 4 is 11.7 Å². The minimum Gasteiger partial charge on any atom is -0.377 e. The van der Waals surface area contributed by atoms with Gasteiger partial charge in [0.15, 0.2) is 0 Å². The zero-order valence-electron chi connectivity index (χ0n) is 13.9. The highest BCUT2D eigenvalue weighted by Crippen LogP contribution is 2.15. The third kappa shape index (κ3) is 4.21. The fourth-order valence-electron chi connectivity index (χ4n) is 2.79. The minimum atomic E-state index is -0.318. The Kier molecular flexibility index (Phi) is 5.08. The Balaban J connectivity index is 1.69. The van der Waals surface area contributed by atoms with Gasteiger partial charge in [-0.1, -0.05) is 12.1 Å². The van der Waals surface area contributed by atoms with E-state index in [9.17, 15) is 14.0 Å². The zero-order chi connectivity index (χ0) is 17.8. The van der Waals surface area contributed by atoms with Crippen molar-refractivity contribution in [1.82, 2.24) is 14.9 Å². The van der Waals surface area contributed by atoms with Crippen molar-refractivity contribution in [3.63, 3.8) is 0 Å². The summed E-state index contributed by atoms with van der Waals surface area (Å²) < 4.78 is 18.3. The van der Waals surface area contributed by atoms with Crippen molar-refractivity contribution in [3.05, 3.63) is 57.9 Å². The summed E-state index contributed by atoms with van der Waals surface area (Å²) in [5.74, 6) is 0.460. The summed E-state index contributed by atoms with van der Waals surface area (Å²) in [6.07, 6.45) is 0. The van der Waals surface area contributed by atoms with E-state index >= 15 is 0 Å². The Morgan fingerprint density at radius 1 is 1.28 bits per heavy atom. The number of piperazine rings is 1. The number of hydrogen-bond acceptors (Lipinski definition) is 5. The molecule has 1 aliphatic heterocycles. The first kappa shape index (κ1) is 17.1. The summed E-state index contributed by atoms with van der Waals surface area (Å²) in [4.78, 5) is 34.5. The number of aromatic nitrogens is 2. The molecule has 0 unspecified atom stereocenters. The van der Waals surface area contributed by atoms with Crippen molar-refractivity contribution in [1.29, 1.82) is 0 Å². The van der Waals surface area contributed by atoms with Crippen molar-refractivity contribution < 1.29 is 13.9 Å². The number of rotatable bonds is 5. The van der Waals surface area contributed by atoms with Crippen LogP contribution in [0.4, 0.5) is 10.2 Å². The summed E-state index contributed by atoms with van der Waals surface area (Å²) in [7, 11) is 1.52. The third-order valence-electron chi connectivity index (χ3n) is 3.96. The highest BCUT2D eigenvalue weighted by molar-refractivity contribution is 5.82. The van der Waals surface area contributed by atoms with Gasteiger partial charge in [0, 0.05) is 32.8 Å². The molecule has 0 bridgehead atoms. The molecule has 0 saturated carbocycles. The summed E-state index contributed by atoms with van der Waals surface area (Å²) in [6.45, 7) is 1.70. The number of carbonyl (C=O) groups is 1. The molecule has 132 valence electrons. The van der Waals surface area contributed by atoms with E-state index in [4.69, 9.17) is 4.74 Å². The molecule has 1 N–H and O–H groups in total. The van der Waals surface area contributed by atoms with Crippen molar-refractivity contribution in [3.8, 4) is 0 Å². The quantitative estimate of drug-likeness (QED) is 0.870. The van der Waals surface area contributed by atoms with E-state index in [1.165, 1.54) is 25.3 Å². The van der Waals surface area contributed by atoms with Crippen LogP contribution in [-0.2, 0) is 22.7 Å². The van der Waals surface area contributed by atoms with E-state index in [2.05, 4.69) is 9.97 Å². The van der Waals surface area contributed by atoms with Crippen LogP contribution in [0, 0.1) is 5.82 Å². The van der Waals surface area contributed by atoms with Crippen molar-refractivity contribution in [2.45, 2.75) is 13.2 Å². The second-order valence-corrected chi connectivity index (χ2v) is 5.85. The number of carbonyl (C=O) groups excluding carboxylic acids is 1. The van der Waals surface area contributed by atoms with Crippen LogP contribution in [0.5, 0.6) is 0 Å². The number of nitrogens with zero attached hydrogens (tertiary/aromatic N) is 3. The van der Waals surface area contributed by atoms with Gasteiger partial charge in [-0.3, -0.25) is 9.59 Å². The predicted molar refractivity (Wildman–Crippen MR) is 89.6 cm³/mol. The van der Waals surface area contributed by atoms with Crippen LogP contribution in [0.25, 0.3) is 0 Å². The molecular weight excluding hydrogens is 327 g/mol. The molecule has 7 nitrogen and oxygen atoms in total. The van der Waals surface area contributed by atoms with Gasteiger partial charge in [-0.15, -0.1) is 0 Å². The standard InChI is InChI=1S/C17H19FN4O3/c1-25-11-14-19-15(8-16(23)20-14)21-5-6-22(17(24)10-21)9-12-3-2-4-13(18)7-12/h2-4,7-8H,5-6,9-11H2,1H3,(H,19,20,23). The molecule has 0 aliphatic carbocycles. The summed E-state index contributed by atoms with van der Waals surface area (Å²) in [5, 5.41) is 0. The van der Waals surface area contributed by atoms with Crippen LogP contribution in [0.3, 0.4) is 0 Å². The van der Waals surface area contributed by atoms with E-state index in [0.29, 0.717) is 31.3 Å². The summed E-state index contributed by atoms with van der Waals surface area (Å²) in [6, 6.07) is 7.59. The Bertz CT molecular complexity index is 824. The summed E-state index contributed by atoms with van der Waals surface area (Å²) in [5.41, 5.74) is 0.463. The maximum absolute atomic E-state index is 13.3. The smallest absolute Gasteiger partial charge is 0.253 e. The van der Waals surface area contributed by atoms with Gasteiger partial charge in [-0.25, -0.2) is 9.37 Å². The summed E-state index contributed by atoms with van der Waals surface area (Å²) >= 11 is 0. The van der Waals surface area contributed by atoms with Gasteiger partial charge >= 0.3 is 0 Å². The number of methoxy groups -OCH3 is 1. The molecule has 1 amide bonds. The fourth-order valence-corrected chi connectivity index (χ4v) is 2.79. The largest absolute Gasteiger partial charge is 0.377 e. The van der Waals surface area contributed by atoms with Crippen LogP contribution < -0.4 is 10.5 Å². The lowest BCUT2D eigenvalue weighted by molar-refractivity contribution is -0.131. The van der Waals surface area contributed by atoms with Crippen LogP contribution in [0.15, 0.2) is 35.1 Å². The van der Waals surface area contributed by atoms with Gasteiger partial charge in [0.1, 0.15) is 24.1 Å². The Morgan fingerprint density at radius 3 is 2.84 bits per heavy atom. The molecule has 25 heavy (non-hydrogen) atoms. The number of H-pyrrole nitrogens is 1. The molecule has 1 saturated heterocycles. The topological polar surface area (TPSA) is 78.5 Å². The number of halogens is 1. The number of aromatic amines is 1. The first-order valence-electron chi connectivity index (χ1n) is 7.91. The second kappa shape index (κ2) is 7.43. The van der Waals surface area contributed by atoms with E-state index in [1.807, 2.05) is 0 Å². The maximum Gasteiger partial charge on any atom is 0.253 e. The molecule has 1 fully saturated rings. The minimum absolute atomic E-state index is 0.0918. The van der Waals surface area contributed by atoms with E-state index in [-0.39, 0.29) is 30.4 Å². The number of amides is 1. The first-order valence-corrected chi connectivity index (χ1v) is 7.91. The Morgan fingerprint density at radius 2 is 2.12 bits per heavy atom. The number of hydrogen-bond donors (Lipinski definition) is 1. The number of anilines is 1. The molecule has 0 spiro atoms. The molecule has 1 aliphatic rings. The molecule has 1 aromatic carbocycles.